The Balaban J connectivity index is 1.49. The topological polar surface area (TPSA) is 35.6 Å². The first-order chi connectivity index (χ1) is 10.2. The molecule has 21 heavy (non-hydrogen) atoms. The Morgan fingerprint density at radius 1 is 1.19 bits per heavy atom. The van der Waals surface area contributed by atoms with Crippen LogP contribution in [0.1, 0.15) is 58.3 Å². The van der Waals surface area contributed by atoms with Crippen LogP contribution in [0.15, 0.2) is 0 Å². The van der Waals surface area contributed by atoms with Crippen LogP contribution in [-0.4, -0.2) is 53.1 Å². The zero-order chi connectivity index (χ0) is 14.4. The van der Waals surface area contributed by atoms with E-state index in [4.69, 9.17) is 0 Å². The van der Waals surface area contributed by atoms with Crippen LogP contribution in [0.25, 0.3) is 0 Å². The van der Waals surface area contributed by atoms with E-state index in [9.17, 15) is 4.79 Å². The standard InChI is InChI=1S/C17H29N3O/c1-13(12-19-10-4-5-11-19)20-15(14-6-2-3-7-14)18-17(8-9-17)16(20)21/h13-15,18H,2-12H2,1H3. The van der Waals surface area contributed by atoms with Gasteiger partial charge in [0, 0.05) is 12.6 Å². The second-order valence-electron chi connectivity index (χ2n) is 7.78. The SMILES string of the molecule is CC(CN1CCCC1)N1C(=O)C2(CC2)NC1C1CCCC1. The molecular formula is C17H29N3O. The summed E-state index contributed by atoms with van der Waals surface area (Å²) in [6.07, 6.45) is 10.4. The smallest absolute Gasteiger partial charge is 0.244 e. The fourth-order valence-corrected chi connectivity index (χ4v) is 4.79. The summed E-state index contributed by atoms with van der Waals surface area (Å²) in [5.74, 6) is 1.10. The molecule has 2 saturated carbocycles. The van der Waals surface area contributed by atoms with Crippen molar-refractivity contribution in [1.82, 2.24) is 15.1 Å². The van der Waals surface area contributed by atoms with Crippen molar-refractivity contribution in [1.29, 1.82) is 0 Å². The number of amides is 1. The van der Waals surface area contributed by atoms with E-state index < -0.39 is 0 Å². The van der Waals surface area contributed by atoms with E-state index in [1.54, 1.807) is 0 Å². The molecule has 1 spiro atoms. The van der Waals surface area contributed by atoms with Crippen LogP contribution in [0, 0.1) is 5.92 Å². The lowest BCUT2D eigenvalue weighted by atomic mass is 10.0. The lowest BCUT2D eigenvalue weighted by molar-refractivity contribution is -0.133. The molecule has 4 fully saturated rings. The van der Waals surface area contributed by atoms with Crippen LogP contribution >= 0.6 is 0 Å². The van der Waals surface area contributed by atoms with Crippen LogP contribution in [-0.2, 0) is 4.79 Å². The van der Waals surface area contributed by atoms with Gasteiger partial charge < -0.3 is 9.80 Å². The summed E-state index contributed by atoms with van der Waals surface area (Å²) in [7, 11) is 0. The van der Waals surface area contributed by atoms with Gasteiger partial charge in [-0.15, -0.1) is 0 Å². The molecule has 2 aliphatic heterocycles. The number of hydrogen-bond donors (Lipinski definition) is 1. The zero-order valence-corrected chi connectivity index (χ0v) is 13.3. The van der Waals surface area contributed by atoms with Gasteiger partial charge in [-0.3, -0.25) is 10.1 Å². The average molecular weight is 291 g/mol. The molecule has 118 valence electrons. The van der Waals surface area contributed by atoms with Crippen LogP contribution in [0.2, 0.25) is 0 Å². The number of likely N-dealkylation sites (tertiary alicyclic amines) is 1. The molecule has 0 bridgehead atoms. The van der Waals surface area contributed by atoms with Gasteiger partial charge >= 0.3 is 0 Å². The minimum Gasteiger partial charge on any atom is -0.321 e. The molecule has 4 nitrogen and oxygen atoms in total. The predicted octanol–water partition coefficient (Wildman–Crippen LogP) is 1.95. The summed E-state index contributed by atoms with van der Waals surface area (Å²) in [5.41, 5.74) is -0.146. The van der Waals surface area contributed by atoms with Crippen LogP contribution in [0.3, 0.4) is 0 Å². The Bertz CT molecular complexity index is 408. The van der Waals surface area contributed by atoms with Gasteiger partial charge in [-0.05, 0) is 64.5 Å². The zero-order valence-electron chi connectivity index (χ0n) is 13.3. The van der Waals surface area contributed by atoms with Gasteiger partial charge in [-0.1, -0.05) is 12.8 Å². The summed E-state index contributed by atoms with van der Waals surface area (Å²) >= 11 is 0. The highest BCUT2D eigenvalue weighted by molar-refractivity contribution is 5.92. The van der Waals surface area contributed by atoms with E-state index in [2.05, 4.69) is 22.0 Å². The Kier molecular flexibility index (Phi) is 3.49. The molecule has 4 heteroatoms. The number of carbonyl (C=O) groups excluding carboxylic acids is 1. The quantitative estimate of drug-likeness (QED) is 0.860. The summed E-state index contributed by atoms with van der Waals surface area (Å²) in [6.45, 7) is 5.77. The largest absolute Gasteiger partial charge is 0.321 e. The monoisotopic (exact) mass is 291 g/mol. The van der Waals surface area contributed by atoms with Gasteiger partial charge in [0.25, 0.3) is 0 Å². The van der Waals surface area contributed by atoms with Crippen LogP contribution in [0.4, 0.5) is 0 Å². The molecule has 0 aromatic heterocycles. The fraction of sp³-hybridized carbons (Fsp3) is 0.941. The molecule has 4 aliphatic rings. The Morgan fingerprint density at radius 3 is 2.48 bits per heavy atom. The predicted molar refractivity (Wildman–Crippen MR) is 82.8 cm³/mol. The molecule has 0 radical (unpaired) electrons. The van der Waals surface area contributed by atoms with Crippen molar-refractivity contribution in [3.05, 3.63) is 0 Å². The number of nitrogens with one attached hydrogen (secondary N) is 1. The molecule has 2 aliphatic carbocycles. The van der Waals surface area contributed by atoms with Crippen molar-refractivity contribution in [3.8, 4) is 0 Å². The highest BCUT2D eigenvalue weighted by Crippen LogP contribution is 2.46. The Morgan fingerprint density at radius 2 is 1.86 bits per heavy atom. The second-order valence-corrected chi connectivity index (χ2v) is 7.78. The second kappa shape index (κ2) is 5.24. The Labute approximate surface area is 128 Å². The highest BCUT2D eigenvalue weighted by atomic mass is 16.2. The van der Waals surface area contributed by atoms with E-state index in [1.165, 1.54) is 51.6 Å². The van der Waals surface area contributed by atoms with E-state index >= 15 is 0 Å². The molecule has 2 unspecified atom stereocenters. The molecule has 4 rings (SSSR count). The first-order valence-electron chi connectivity index (χ1n) is 9.02. The molecule has 1 N–H and O–H groups in total. The average Bonchev–Trinajstić information content (AvgIpc) is 2.90. The first kappa shape index (κ1) is 14.0. The third-order valence-electron chi connectivity index (χ3n) is 6.16. The maximum atomic E-state index is 12.9. The van der Waals surface area contributed by atoms with E-state index in [-0.39, 0.29) is 5.54 Å². The third-order valence-corrected chi connectivity index (χ3v) is 6.16. The lowest BCUT2D eigenvalue weighted by Gasteiger charge is -2.35. The summed E-state index contributed by atoms with van der Waals surface area (Å²) < 4.78 is 0. The minimum absolute atomic E-state index is 0.146. The van der Waals surface area contributed by atoms with Gasteiger partial charge in [-0.2, -0.15) is 0 Å². The first-order valence-corrected chi connectivity index (χ1v) is 9.02. The molecule has 2 heterocycles. The van der Waals surface area contributed by atoms with Gasteiger partial charge in [0.05, 0.1) is 11.7 Å². The van der Waals surface area contributed by atoms with Crippen molar-refractivity contribution in [2.45, 2.75) is 76.0 Å². The maximum absolute atomic E-state index is 12.9. The van der Waals surface area contributed by atoms with Crippen LogP contribution < -0.4 is 5.32 Å². The Hall–Kier alpha value is -0.610. The molecular weight excluding hydrogens is 262 g/mol. The van der Waals surface area contributed by atoms with Crippen molar-refractivity contribution in [2.24, 2.45) is 5.92 Å². The van der Waals surface area contributed by atoms with Gasteiger partial charge in [0.15, 0.2) is 0 Å². The lowest BCUT2D eigenvalue weighted by Crippen LogP contribution is -2.50. The van der Waals surface area contributed by atoms with Crippen molar-refractivity contribution < 1.29 is 4.79 Å². The molecule has 0 aromatic rings. The number of hydrogen-bond acceptors (Lipinski definition) is 3. The van der Waals surface area contributed by atoms with Crippen molar-refractivity contribution >= 4 is 5.91 Å². The van der Waals surface area contributed by atoms with E-state index in [0.717, 1.165) is 19.4 Å². The number of nitrogens with zero attached hydrogens (tertiary/aromatic N) is 2. The number of carbonyl (C=O) groups is 1. The molecule has 2 saturated heterocycles. The van der Waals surface area contributed by atoms with Gasteiger partial charge in [-0.25, -0.2) is 0 Å². The van der Waals surface area contributed by atoms with Crippen molar-refractivity contribution in [2.75, 3.05) is 19.6 Å². The van der Waals surface area contributed by atoms with E-state index in [1.807, 2.05) is 0 Å². The summed E-state index contributed by atoms with van der Waals surface area (Å²) in [4.78, 5) is 17.7. The van der Waals surface area contributed by atoms with Gasteiger partial charge in [0.1, 0.15) is 0 Å². The molecule has 0 aromatic carbocycles. The van der Waals surface area contributed by atoms with Gasteiger partial charge in [0.2, 0.25) is 5.91 Å². The highest BCUT2D eigenvalue weighted by Gasteiger charge is 2.61. The minimum atomic E-state index is -0.146. The fourth-order valence-electron chi connectivity index (χ4n) is 4.79. The number of rotatable bonds is 4. The van der Waals surface area contributed by atoms with Crippen molar-refractivity contribution in [3.63, 3.8) is 0 Å². The summed E-state index contributed by atoms with van der Waals surface area (Å²) in [6, 6.07) is 0.355. The molecule has 2 atom stereocenters. The molecule has 1 amide bonds. The summed E-state index contributed by atoms with van der Waals surface area (Å²) in [5, 5.41) is 3.75. The third kappa shape index (κ3) is 2.40. The maximum Gasteiger partial charge on any atom is 0.244 e. The van der Waals surface area contributed by atoms with E-state index in [0.29, 0.717) is 24.0 Å². The normalized spacial score (nSPS) is 34.2. The van der Waals surface area contributed by atoms with Crippen LogP contribution in [0.5, 0.6) is 0 Å².